The lowest BCUT2D eigenvalue weighted by Crippen LogP contribution is -2.23. The van der Waals surface area contributed by atoms with Crippen molar-refractivity contribution in [1.29, 1.82) is 0 Å². The number of rotatable bonds is 7. The van der Waals surface area contributed by atoms with Crippen molar-refractivity contribution in [3.63, 3.8) is 0 Å². The molecule has 0 amide bonds. The summed E-state index contributed by atoms with van der Waals surface area (Å²) in [5.41, 5.74) is 2.13. The summed E-state index contributed by atoms with van der Waals surface area (Å²) in [5.74, 6) is 3.56. The third-order valence-electron chi connectivity index (χ3n) is 7.16. The zero-order valence-electron chi connectivity index (χ0n) is 17.8. The molecule has 3 aliphatic rings. The lowest BCUT2D eigenvalue weighted by molar-refractivity contribution is 0.0828. The first-order valence-corrected chi connectivity index (χ1v) is 12.1. The van der Waals surface area contributed by atoms with Gasteiger partial charge in [-0.25, -0.2) is 0 Å². The van der Waals surface area contributed by atoms with Gasteiger partial charge in [-0.1, -0.05) is 42.1 Å². The van der Waals surface area contributed by atoms with Crippen LogP contribution in [0.5, 0.6) is 0 Å². The lowest BCUT2D eigenvalue weighted by Gasteiger charge is -2.21. The first kappa shape index (κ1) is 22.1. The molecule has 7 heteroatoms. The third-order valence-corrected chi connectivity index (χ3v) is 8.27. The van der Waals surface area contributed by atoms with E-state index in [1.807, 2.05) is 11.8 Å². The van der Waals surface area contributed by atoms with Crippen molar-refractivity contribution in [2.24, 2.45) is 12.5 Å². The molecule has 5 rings (SSSR count). The maximum absolute atomic E-state index is 5.48. The van der Waals surface area contributed by atoms with Gasteiger partial charge < -0.3 is 14.2 Å². The van der Waals surface area contributed by atoms with Gasteiger partial charge in [0.15, 0.2) is 5.16 Å². The van der Waals surface area contributed by atoms with Crippen molar-refractivity contribution in [1.82, 2.24) is 19.7 Å². The quantitative estimate of drug-likeness (QED) is 0.461. The number of likely N-dealkylation sites (tertiary alicyclic amines) is 1. The van der Waals surface area contributed by atoms with Crippen LogP contribution in [0.25, 0.3) is 0 Å². The Hall–Kier alpha value is -1.08. The Morgan fingerprint density at radius 2 is 1.97 bits per heavy atom. The van der Waals surface area contributed by atoms with Crippen molar-refractivity contribution in [2.75, 3.05) is 38.6 Å². The van der Waals surface area contributed by atoms with Crippen LogP contribution in [0.4, 0.5) is 0 Å². The van der Waals surface area contributed by atoms with Gasteiger partial charge in [-0.3, -0.25) is 0 Å². The number of nitrogens with zero attached hydrogens (tertiary/aromatic N) is 4. The highest BCUT2D eigenvalue weighted by atomic mass is 35.5. The zero-order chi connectivity index (χ0) is 19.7. The first-order valence-electron chi connectivity index (χ1n) is 11.1. The predicted molar refractivity (Wildman–Crippen MR) is 124 cm³/mol. The highest BCUT2D eigenvalue weighted by Gasteiger charge is 2.57. The highest BCUT2D eigenvalue weighted by molar-refractivity contribution is 7.99. The number of halogens is 1. The van der Waals surface area contributed by atoms with Crippen molar-refractivity contribution >= 4 is 24.2 Å². The van der Waals surface area contributed by atoms with Gasteiger partial charge in [0.2, 0.25) is 0 Å². The van der Waals surface area contributed by atoms with Crippen LogP contribution in [-0.4, -0.2) is 58.3 Å². The van der Waals surface area contributed by atoms with Crippen LogP contribution in [0.3, 0.4) is 0 Å². The van der Waals surface area contributed by atoms with E-state index >= 15 is 0 Å². The normalized spacial score (nSPS) is 26.8. The van der Waals surface area contributed by atoms with E-state index in [1.54, 1.807) is 5.56 Å². The van der Waals surface area contributed by atoms with E-state index in [0.717, 1.165) is 48.7 Å². The van der Waals surface area contributed by atoms with Crippen LogP contribution in [0, 0.1) is 5.41 Å². The molecule has 5 nitrogen and oxygen atoms in total. The minimum atomic E-state index is 0. The maximum Gasteiger partial charge on any atom is 0.190 e. The van der Waals surface area contributed by atoms with E-state index in [1.165, 1.54) is 38.9 Å². The Labute approximate surface area is 190 Å². The van der Waals surface area contributed by atoms with Crippen molar-refractivity contribution < 1.29 is 4.74 Å². The summed E-state index contributed by atoms with van der Waals surface area (Å²) in [6, 6.07) is 11.1. The average molecular weight is 449 g/mol. The molecule has 30 heavy (non-hydrogen) atoms. The van der Waals surface area contributed by atoms with E-state index in [-0.39, 0.29) is 12.4 Å². The minimum absolute atomic E-state index is 0. The molecular formula is C23H33ClN4OS. The molecule has 1 aliphatic carbocycles. The van der Waals surface area contributed by atoms with Gasteiger partial charge >= 0.3 is 0 Å². The second-order valence-corrected chi connectivity index (χ2v) is 10.1. The predicted octanol–water partition coefficient (Wildman–Crippen LogP) is 4.49. The van der Waals surface area contributed by atoms with E-state index in [2.05, 4.69) is 57.0 Å². The molecule has 1 aromatic carbocycles. The van der Waals surface area contributed by atoms with Crippen LogP contribution in [0.1, 0.15) is 55.3 Å². The summed E-state index contributed by atoms with van der Waals surface area (Å²) in [6.45, 7) is 5.47. The van der Waals surface area contributed by atoms with Crippen molar-refractivity contribution in [3.05, 3.63) is 41.7 Å². The number of thioether (sulfide) groups is 1. The standard InChI is InChI=1S/C23H32N4OS.ClH/c1-26-21(19-8-13-28-14-9-19)24-25-22(26)29-15-5-11-27-12-10-23(17-27)16-20(23)18-6-3-2-4-7-18;/h2-4,6-7,19-20H,5,8-17H2,1H3;1H/t20-,23+;/m1./s1. The van der Waals surface area contributed by atoms with Crippen LogP contribution in [0.15, 0.2) is 35.5 Å². The number of hydrogen-bond acceptors (Lipinski definition) is 5. The third kappa shape index (κ3) is 4.57. The van der Waals surface area contributed by atoms with Gasteiger partial charge in [0.1, 0.15) is 5.82 Å². The largest absolute Gasteiger partial charge is 0.381 e. The molecule has 0 N–H and O–H groups in total. The van der Waals surface area contributed by atoms with Gasteiger partial charge in [-0.2, -0.15) is 0 Å². The summed E-state index contributed by atoms with van der Waals surface area (Å²) in [6.07, 6.45) is 6.11. The number of aromatic nitrogens is 3. The van der Waals surface area contributed by atoms with Crippen LogP contribution in [0.2, 0.25) is 0 Å². The van der Waals surface area contributed by atoms with Crippen LogP contribution >= 0.6 is 24.2 Å². The lowest BCUT2D eigenvalue weighted by atomic mass is 9.98. The highest BCUT2D eigenvalue weighted by Crippen LogP contribution is 2.64. The molecule has 3 fully saturated rings. The number of hydrogen-bond donors (Lipinski definition) is 0. The van der Waals surface area contributed by atoms with E-state index < -0.39 is 0 Å². The molecular weight excluding hydrogens is 416 g/mol. The van der Waals surface area contributed by atoms with E-state index in [4.69, 9.17) is 4.74 Å². The van der Waals surface area contributed by atoms with Gasteiger partial charge in [-0.05, 0) is 62.1 Å². The summed E-state index contributed by atoms with van der Waals surface area (Å²) < 4.78 is 7.69. The summed E-state index contributed by atoms with van der Waals surface area (Å²) >= 11 is 1.86. The van der Waals surface area contributed by atoms with Gasteiger partial charge in [0.05, 0.1) is 0 Å². The maximum atomic E-state index is 5.48. The topological polar surface area (TPSA) is 43.2 Å². The number of ether oxygens (including phenoxy) is 1. The molecule has 2 saturated heterocycles. The molecule has 164 valence electrons. The minimum Gasteiger partial charge on any atom is -0.381 e. The average Bonchev–Trinajstić information content (AvgIpc) is 3.11. The summed E-state index contributed by atoms with van der Waals surface area (Å²) in [4.78, 5) is 2.69. The second-order valence-electron chi connectivity index (χ2n) is 9.04. The summed E-state index contributed by atoms with van der Waals surface area (Å²) in [5, 5.41) is 10.0. The van der Waals surface area contributed by atoms with Gasteiger partial charge in [-0.15, -0.1) is 22.6 Å². The Morgan fingerprint density at radius 3 is 2.77 bits per heavy atom. The Morgan fingerprint density at radius 1 is 1.17 bits per heavy atom. The first-order chi connectivity index (χ1) is 14.3. The second kappa shape index (κ2) is 9.60. The van der Waals surface area contributed by atoms with Crippen molar-refractivity contribution in [2.45, 2.75) is 49.1 Å². The Balaban J connectivity index is 0.00000218. The molecule has 2 aromatic rings. The molecule has 0 unspecified atom stereocenters. The fourth-order valence-corrected chi connectivity index (χ4v) is 6.19. The van der Waals surface area contributed by atoms with Crippen LogP contribution in [-0.2, 0) is 11.8 Å². The molecule has 0 radical (unpaired) electrons. The van der Waals surface area contributed by atoms with Gasteiger partial charge in [0.25, 0.3) is 0 Å². The summed E-state index contributed by atoms with van der Waals surface area (Å²) in [7, 11) is 2.12. The smallest absolute Gasteiger partial charge is 0.190 e. The fraction of sp³-hybridized carbons (Fsp3) is 0.652. The zero-order valence-corrected chi connectivity index (χ0v) is 19.5. The SMILES string of the molecule is Cl.Cn1c(SCCCN2CC[C@]3(C[C@@H]3c3ccccc3)C2)nnc1C1CCOCC1. The van der Waals surface area contributed by atoms with Crippen LogP contribution < -0.4 is 0 Å². The molecule has 2 atom stereocenters. The van der Waals surface area contributed by atoms with E-state index in [9.17, 15) is 0 Å². The molecule has 1 saturated carbocycles. The molecule has 3 heterocycles. The van der Waals surface area contributed by atoms with Gasteiger partial charge in [0, 0.05) is 38.5 Å². The van der Waals surface area contributed by atoms with E-state index in [0.29, 0.717) is 11.3 Å². The van der Waals surface area contributed by atoms with Crippen molar-refractivity contribution in [3.8, 4) is 0 Å². The molecule has 2 aliphatic heterocycles. The molecule has 1 aromatic heterocycles. The monoisotopic (exact) mass is 448 g/mol. The molecule has 1 spiro atoms. The fourth-order valence-electron chi connectivity index (χ4n) is 5.35. The molecule has 0 bridgehead atoms. The Kier molecular flexibility index (Phi) is 7.08. The number of benzene rings is 1. The Bertz CT molecular complexity index is 826.